The lowest BCUT2D eigenvalue weighted by atomic mass is 10.1. The molecule has 2 heterocycles. The average Bonchev–Trinajstić information content (AvgIpc) is 2.92. The number of hydrogen-bond donors (Lipinski definition) is 1. The van der Waals surface area contributed by atoms with Gasteiger partial charge in [-0.05, 0) is 39.4 Å². The maximum absolute atomic E-state index is 11.5. The highest BCUT2D eigenvalue weighted by Gasteiger charge is 2.30. The van der Waals surface area contributed by atoms with Crippen LogP contribution in [-0.2, 0) is 16.4 Å². The molecule has 2 rings (SSSR count). The zero-order valence-corrected chi connectivity index (χ0v) is 14.2. The number of thiophene rings is 1. The summed E-state index contributed by atoms with van der Waals surface area (Å²) in [7, 11) is -0.875. The van der Waals surface area contributed by atoms with E-state index in [1.807, 2.05) is 19.2 Å². The summed E-state index contributed by atoms with van der Waals surface area (Å²) in [6.45, 7) is 4.04. The van der Waals surface area contributed by atoms with Crippen LogP contribution in [-0.4, -0.2) is 48.6 Å². The Kier molecular flexibility index (Phi) is 4.79. The van der Waals surface area contributed by atoms with Crippen molar-refractivity contribution >= 4 is 21.2 Å². The molecule has 1 unspecified atom stereocenters. The van der Waals surface area contributed by atoms with E-state index in [2.05, 4.69) is 16.7 Å². The Morgan fingerprint density at radius 1 is 1.48 bits per heavy atom. The molecule has 4 nitrogen and oxygen atoms in total. The van der Waals surface area contributed by atoms with Gasteiger partial charge in [0.15, 0.2) is 9.84 Å². The average molecular weight is 327 g/mol. The second kappa shape index (κ2) is 6.09. The molecule has 1 aliphatic heterocycles. The summed E-state index contributed by atoms with van der Waals surface area (Å²) >= 11 is 1.58. The van der Waals surface area contributed by atoms with Crippen molar-refractivity contribution in [2.75, 3.05) is 18.6 Å². The Morgan fingerprint density at radius 2 is 2.19 bits per heavy atom. The molecule has 6 heteroatoms. The monoisotopic (exact) mass is 327 g/mol. The molecule has 1 aromatic rings. The highest BCUT2D eigenvalue weighted by atomic mass is 32.2. The van der Waals surface area contributed by atoms with Crippen molar-refractivity contribution in [1.82, 2.24) is 4.90 Å². The number of sulfone groups is 1. The Hall–Kier alpha value is -0.870. The van der Waals surface area contributed by atoms with Gasteiger partial charge >= 0.3 is 0 Å². The van der Waals surface area contributed by atoms with Crippen LogP contribution in [0, 0.1) is 11.8 Å². The van der Waals surface area contributed by atoms with E-state index in [0.29, 0.717) is 5.75 Å². The predicted molar refractivity (Wildman–Crippen MR) is 86.0 cm³/mol. The summed E-state index contributed by atoms with van der Waals surface area (Å²) in [4.78, 5) is 4.17. The fourth-order valence-corrected chi connectivity index (χ4v) is 4.97. The van der Waals surface area contributed by atoms with Gasteiger partial charge in [0.05, 0.1) is 16.4 Å². The smallest absolute Gasteiger partial charge is 0.151 e. The van der Waals surface area contributed by atoms with Gasteiger partial charge < -0.3 is 5.11 Å². The number of rotatable bonds is 3. The van der Waals surface area contributed by atoms with Crippen LogP contribution in [0.25, 0.3) is 0 Å². The minimum atomic E-state index is -2.84. The number of hydrogen-bond acceptors (Lipinski definition) is 5. The summed E-state index contributed by atoms with van der Waals surface area (Å²) < 4.78 is 23.0. The quantitative estimate of drug-likeness (QED) is 0.855. The van der Waals surface area contributed by atoms with Crippen LogP contribution < -0.4 is 0 Å². The molecule has 0 amide bonds. The molecule has 1 aliphatic rings. The standard InChI is InChI=1S/C15H21NO3S2/c1-15(2,17)8-6-13-4-5-14(20-13)10-16(3)12-7-9-21(18,19)11-12/h4-5,12,17H,7,9-11H2,1-3H3. The third kappa shape index (κ3) is 5.11. The van der Waals surface area contributed by atoms with Gasteiger partial charge in [0.2, 0.25) is 0 Å². The van der Waals surface area contributed by atoms with Gasteiger partial charge in [-0.1, -0.05) is 11.8 Å². The summed E-state index contributed by atoms with van der Waals surface area (Å²) in [5.74, 6) is 6.32. The molecule has 1 aromatic heterocycles. The second-order valence-electron chi connectivity index (χ2n) is 6.05. The van der Waals surface area contributed by atoms with Crippen LogP contribution in [0.4, 0.5) is 0 Å². The van der Waals surface area contributed by atoms with Crippen molar-refractivity contribution < 1.29 is 13.5 Å². The highest BCUT2D eigenvalue weighted by Crippen LogP contribution is 2.22. The summed E-state index contributed by atoms with van der Waals surface area (Å²) in [6, 6.07) is 4.07. The lowest BCUT2D eigenvalue weighted by Crippen LogP contribution is -2.31. The fourth-order valence-electron chi connectivity index (χ4n) is 2.24. The maximum Gasteiger partial charge on any atom is 0.151 e. The molecular formula is C15H21NO3S2. The number of aliphatic hydroxyl groups is 1. The van der Waals surface area contributed by atoms with Crippen molar-refractivity contribution in [3.05, 3.63) is 21.9 Å². The number of nitrogens with zero attached hydrogens (tertiary/aromatic N) is 1. The van der Waals surface area contributed by atoms with E-state index >= 15 is 0 Å². The van der Waals surface area contributed by atoms with Crippen molar-refractivity contribution in [3.8, 4) is 11.8 Å². The van der Waals surface area contributed by atoms with E-state index in [4.69, 9.17) is 0 Å². The van der Waals surface area contributed by atoms with Gasteiger partial charge in [-0.3, -0.25) is 4.90 Å². The third-order valence-electron chi connectivity index (χ3n) is 3.39. The molecule has 1 N–H and O–H groups in total. The topological polar surface area (TPSA) is 57.6 Å². The largest absolute Gasteiger partial charge is 0.378 e. The highest BCUT2D eigenvalue weighted by molar-refractivity contribution is 7.91. The lowest BCUT2D eigenvalue weighted by molar-refractivity contribution is 0.143. The van der Waals surface area contributed by atoms with E-state index in [1.54, 1.807) is 25.2 Å². The zero-order chi connectivity index (χ0) is 15.7. The van der Waals surface area contributed by atoms with Crippen LogP contribution in [0.2, 0.25) is 0 Å². The minimum Gasteiger partial charge on any atom is -0.378 e. The third-order valence-corrected chi connectivity index (χ3v) is 6.13. The van der Waals surface area contributed by atoms with E-state index < -0.39 is 15.4 Å². The van der Waals surface area contributed by atoms with Crippen molar-refractivity contribution in [1.29, 1.82) is 0 Å². The van der Waals surface area contributed by atoms with Crippen LogP contribution in [0.3, 0.4) is 0 Å². The SMILES string of the molecule is CN(Cc1ccc(C#CC(C)(C)O)s1)C1CCS(=O)(=O)C1. The normalized spacial score (nSPS) is 21.3. The first-order valence-corrected chi connectivity index (χ1v) is 9.53. The van der Waals surface area contributed by atoms with Crippen molar-refractivity contribution in [2.24, 2.45) is 0 Å². The predicted octanol–water partition coefficient (Wildman–Crippen LogP) is 1.49. The van der Waals surface area contributed by atoms with Crippen LogP contribution in [0.1, 0.15) is 30.0 Å². The molecule has 0 saturated carbocycles. The first-order valence-electron chi connectivity index (χ1n) is 6.89. The Bertz CT molecular complexity index is 659. The molecule has 1 fully saturated rings. The van der Waals surface area contributed by atoms with Gasteiger partial charge in [0.1, 0.15) is 5.60 Å². The molecule has 0 bridgehead atoms. The molecule has 0 spiro atoms. The first kappa shape index (κ1) is 16.5. The van der Waals surface area contributed by atoms with Gasteiger partial charge in [0.25, 0.3) is 0 Å². The summed E-state index contributed by atoms with van der Waals surface area (Å²) in [5, 5.41) is 9.59. The maximum atomic E-state index is 11.5. The van der Waals surface area contributed by atoms with Gasteiger partial charge in [0, 0.05) is 17.5 Å². The molecule has 116 valence electrons. The van der Waals surface area contributed by atoms with Crippen LogP contribution in [0.15, 0.2) is 12.1 Å². The first-order chi connectivity index (χ1) is 9.65. The molecule has 1 atom stereocenters. The zero-order valence-electron chi connectivity index (χ0n) is 12.6. The lowest BCUT2D eigenvalue weighted by Gasteiger charge is -2.22. The van der Waals surface area contributed by atoms with E-state index in [0.717, 1.165) is 22.7 Å². The van der Waals surface area contributed by atoms with Crippen LogP contribution >= 0.6 is 11.3 Å². The summed E-state index contributed by atoms with van der Waals surface area (Å²) in [5.41, 5.74) is -0.987. The molecule has 21 heavy (non-hydrogen) atoms. The summed E-state index contributed by atoms with van der Waals surface area (Å²) in [6.07, 6.45) is 0.718. The van der Waals surface area contributed by atoms with Gasteiger partial charge in [-0.15, -0.1) is 11.3 Å². The van der Waals surface area contributed by atoms with E-state index in [-0.39, 0.29) is 11.8 Å². The Labute approximate surface area is 130 Å². The van der Waals surface area contributed by atoms with E-state index in [9.17, 15) is 13.5 Å². The van der Waals surface area contributed by atoms with Crippen LogP contribution in [0.5, 0.6) is 0 Å². The Balaban J connectivity index is 1.98. The second-order valence-corrected chi connectivity index (χ2v) is 9.44. The van der Waals surface area contributed by atoms with Gasteiger partial charge in [-0.2, -0.15) is 0 Å². The molecule has 0 aliphatic carbocycles. The molecular weight excluding hydrogens is 306 g/mol. The van der Waals surface area contributed by atoms with Crippen molar-refractivity contribution in [3.63, 3.8) is 0 Å². The fraction of sp³-hybridized carbons (Fsp3) is 0.600. The Morgan fingerprint density at radius 3 is 2.76 bits per heavy atom. The van der Waals surface area contributed by atoms with Gasteiger partial charge in [-0.25, -0.2) is 8.42 Å². The van der Waals surface area contributed by atoms with Crippen molar-refractivity contribution in [2.45, 2.75) is 38.5 Å². The molecule has 1 saturated heterocycles. The molecule has 0 aromatic carbocycles. The molecule has 0 radical (unpaired) electrons. The minimum absolute atomic E-state index is 0.114. The van der Waals surface area contributed by atoms with E-state index in [1.165, 1.54) is 0 Å².